The topological polar surface area (TPSA) is 105 Å². The molecule has 0 radical (unpaired) electrons. The summed E-state index contributed by atoms with van der Waals surface area (Å²) in [5, 5.41) is 14.1. The number of aliphatic hydroxyl groups is 1. The van der Waals surface area contributed by atoms with Crippen LogP contribution in [0.3, 0.4) is 0 Å². The number of hydrogen-bond donors (Lipinski definition) is 3. The highest BCUT2D eigenvalue weighted by atomic mass is 31.2. The van der Waals surface area contributed by atoms with Gasteiger partial charge < -0.3 is 19.8 Å². The van der Waals surface area contributed by atoms with Crippen LogP contribution < -0.4 is 5.32 Å². The van der Waals surface area contributed by atoms with Crippen LogP contribution in [-0.2, 0) is 18.4 Å². The second-order valence-corrected chi connectivity index (χ2v) is 27.4. The molecule has 0 aliphatic rings. The number of nitrogens with zero attached hydrogens (tertiary/aromatic N) is 1. The van der Waals surface area contributed by atoms with Gasteiger partial charge in [0, 0.05) is 6.42 Å². The number of hydrogen-bond acceptors (Lipinski definition) is 5. The van der Waals surface area contributed by atoms with E-state index in [1.165, 1.54) is 315 Å². The van der Waals surface area contributed by atoms with Gasteiger partial charge >= 0.3 is 7.82 Å². The third-order valence-corrected chi connectivity index (χ3v) is 17.7. The molecule has 0 fully saturated rings. The smallest absolute Gasteiger partial charge is 0.391 e. The lowest BCUT2D eigenvalue weighted by Crippen LogP contribution is -2.46. The number of nitrogens with one attached hydrogen (secondary N) is 1. The minimum Gasteiger partial charge on any atom is -0.391 e. The Morgan fingerprint density at radius 2 is 0.684 bits per heavy atom. The monoisotopic (exact) mass is 1140 g/mol. The zero-order valence-electron chi connectivity index (χ0n) is 54.2. The van der Waals surface area contributed by atoms with E-state index in [2.05, 4.69) is 31.3 Å². The molecule has 0 rings (SSSR count). The SMILES string of the molecule is CCCCCCCCCC/C=C\CCCCCCCCCCCCCCCCCCCCCCCCCCCCCC(=O)NC(COP(=O)(O)OCC[N+](C)(C)C)C(O)CCCCCCCCCCCCCCCCCCCC. The highest BCUT2D eigenvalue weighted by molar-refractivity contribution is 7.47. The predicted octanol–water partition coefficient (Wildman–Crippen LogP) is 22.5. The maximum atomic E-state index is 13.1. The number of unbranched alkanes of at least 4 members (excludes halogenated alkanes) is 52. The molecule has 3 unspecified atom stereocenters. The van der Waals surface area contributed by atoms with Gasteiger partial charge in [-0.3, -0.25) is 13.8 Å². The van der Waals surface area contributed by atoms with E-state index in [-0.39, 0.29) is 19.1 Å². The summed E-state index contributed by atoms with van der Waals surface area (Å²) in [5.41, 5.74) is 0. The summed E-state index contributed by atoms with van der Waals surface area (Å²) in [6.07, 6.45) is 79.0. The van der Waals surface area contributed by atoms with Crippen molar-refractivity contribution in [2.75, 3.05) is 40.9 Å². The third-order valence-electron chi connectivity index (χ3n) is 16.8. The standard InChI is InChI=1S/C70H141N2O6P/c1-6-8-10-12-14-16-18-20-22-24-26-27-28-29-30-31-32-33-34-35-36-37-38-39-40-41-42-43-44-45-46-48-50-52-54-56-58-60-62-64-70(74)71-68(67-78-79(75,76)77-66-65-72(3,4)5)69(73)63-61-59-57-55-53-51-49-47-25-23-21-19-17-15-13-11-9-7-2/h24,26,68-69,73H,6-23,25,27-67H2,1-5H3,(H-,71,74,75,76)/p+1/b26-24-. The van der Waals surface area contributed by atoms with Crippen molar-refractivity contribution in [2.24, 2.45) is 0 Å². The van der Waals surface area contributed by atoms with E-state index in [0.29, 0.717) is 23.9 Å². The fourth-order valence-electron chi connectivity index (χ4n) is 11.2. The summed E-state index contributed by atoms with van der Waals surface area (Å²) in [5.74, 6) is -0.135. The summed E-state index contributed by atoms with van der Waals surface area (Å²) >= 11 is 0. The molecule has 0 bridgehead atoms. The van der Waals surface area contributed by atoms with E-state index < -0.39 is 20.0 Å². The number of carbonyl (C=O) groups is 1. The van der Waals surface area contributed by atoms with E-state index in [0.717, 1.165) is 38.5 Å². The number of phosphoric ester groups is 1. The molecule has 8 nitrogen and oxygen atoms in total. The fourth-order valence-corrected chi connectivity index (χ4v) is 12.0. The molecule has 472 valence electrons. The Balaban J connectivity index is 3.86. The molecule has 0 heterocycles. The molecule has 0 aromatic rings. The lowest BCUT2D eigenvalue weighted by Gasteiger charge is -2.26. The number of carbonyl (C=O) groups excluding carboxylic acids is 1. The van der Waals surface area contributed by atoms with Crippen molar-refractivity contribution in [1.29, 1.82) is 0 Å². The summed E-state index contributed by atoms with van der Waals surface area (Å²) in [4.78, 5) is 23.4. The van der Waals surface area contributed by atoms with Gasteiger partial charge in [-0.2, -0.15) is 0 Å². The van der Waals surface area contributed by atoms with Gasteiger partial charge in [0.1, 0.15) is 13.2 Å². The molecule has 3 atom stereocenters. The zero-order valence-corrected chi connectivity index (χ0v) is 55.1. The second-order valence-electron chi connectivity index (χ2n) is 26.0. The summed E-state index contributed by atoms with van der Waals surface area (Å²) < 4.78 is 23.9. The van der Waals surface area contributed by atoms with E-state index in [1.54, 1.807) is 0 Å². The maximum absolute atomic E-state index is 13.1. The number of rotatable bonds is 67. The maximum Gasteiger partial charge on any atom is 0.472 e. The van der Waals surface area contributed by atoms with Gasteiger partial charge in [-0.05, 0) is 38.5 Å². The Bertz CT molecular complexity index is 1290. The predicted molar refractivity (Wildman–Crippen MR) is 346 cm³/mol. The number of amides is 1. The molecule has 9 heteroatoms. The van der Waals surface area contributed by atoms with Crippen LogP contribution in [0.4, 0.5) is 0 Å². The highest BCUT2D eigenvalue weighted by Crippen LogP contribution is 2.43. The first-order chi connectivity index (χ1) is 38.5. The Kier molecular flexibility index (Phi) is 61.2. The van der Waals surface area contributed by atoms with Crippen LogP contribution in [0.5, 0.6) is 0 Å². The van der Waals surface area contributed by atoms with Crippen molar-refractivity contribution in [3.63, 3.8) is 0 Å². The van der Waals surface area contributed by atoms with Gasteiger partial charge in [0.2, 0.25) is 5.91 Å². The van der Waals surface area contributed by atoms with Gasteiger partial charge in [0.25, 0.3) is 0 Å². The molecule has 0 saturated carbocycles. The number of phosphoric acid groups is 1. The lowest BCUT2D eigenvalue weighted by molar-refractivity contribution is -0.870. The number of allylic oxidation sites excluding steroid dienone is 2. The van der Waals surface area contributed by atoms with E-state index in [9.17, 15) is 19.4 Å². The Hall–Kier alpha value is -0.760. The molecular formula is C70H142N2O6P+. The van der Waals surface area contributed by atoms with Crippen LogP contribution in [0.2, 0.25) is 0 Å². The molecule has 0 spiro atoms. The first kappa shape index (κ1) is 78.2. The van der Waals surface area contributed by atoms with Gasteiger partial charge in [-0.25, -0.2) is 4.57 Å². The van der Waals surface area contributed by atoms with Crippen LogP contribution in [0.15, 0.2) is 12.2 Å². The van der Waals surface area contributed by atoms with Crippen LogP contribution in [0.1, 0.15) is 380 Å². The summed E-state index contributed by atoms with van der Waals surface area (Å²) in [7, 11) is 1.64. The van der Waals surface area contributed by atoms with E-state index in [4.69, 9.17) is 9.05 Å². The minimum absolute atomic E-state index is 0.0786. The Morgan fingerprint density at radius 3 is 0.975 bits per heavy atom. The summed E-state index contributed by atoms with van der Waals surface area (Å²) in [6, 6.07) is -0.757. The van der Waals surface area contributed by atoms with Gasteiger partial charge in [0.05, 0.1) is 39.9 Å². The molecule has 0 aromatic carbocycles. The number of quaternary nitrogens is 1. The second kappa shape index (κ2) is 61.8. The lowest BCUT2D eigenvalue weighted by atomic mass is 10.0. The first-order valence-electron chi connectivity index (χ1n) is 35.6. The van der Waals surface area contributed by atoms with Gasteiger partial charge in [-0.15, -0.1) is 0 Å². The largest absolute Gasteiger partial charge is 0.472 e. The highest BCUT2D eigenvalue weighted by Gasteiger charge is 2.28. The van der Waals surface area contributed by atoms with E-state index in [1.807, 2.05) is 21.1 Å². The number of aliphatic hydroxyl groups excluding tert-OH is 1. The fraction of sp³-hybridized carbons (Fsp3) is 0.957. The third kappa shape index (κ3) is 64.7. The molecular weight excluding hydrogens is 996 g/mol. The molecule has 0 saturated heterocycles. The van der Waals surface area contributed by atoms with Crippen molar-refractivity contribution in [3.8, 4) is 0 Å². The van der Waals surface area contributed by atoms with Crippen LogP contribution in [0, 0.1) is 0 Å². The van der Waals surface area contributed by atoms with Gasteiger partial charge in [0.15, 0.2) is 0 Å². The molecule has 1 amide bonds. The summed E-state index contributed by atoms with van der Waals surface area (Å²) in [6.45, 7) is 4.95. The first-order valence-corrected chi connectivity index (χ1v) is 37.0. The Morgan fingerprint density at radius 1 is 0.418 bits per heavy atom. The van der Waals surface area contributed by atoms with E-state index >= 15 is 0 Å². The van der Waals surface area contributed by atoms with Crippen molar-refractivity contribution in [3.05, 3.63) is 12.2 Å². The van der Waals surface area contributed by atoms with Crippen LogP contribution >= 0.6 is 7.82 Å². The van der Waals surface area contributed by atoms with Crippen molar-refractivity contribution in [2.45, 2.75) is 392 Å². The van der Waals surface area contributed by atoms with Crippen molar-refractivity contribution < 1.29 is 32.9 Å². The normalized spacial score (nSPS) is 13.7. The number of likely N-dealkylation sites (N-methyl/N-ethyl adjacent to an activating group) is 1. The quantitative estimate of drug-likeness (QED) is 0.0243. The zero-order chi connectivity index (χ0) is 57.7. The van der Waals surface area contributed by atoms with Gasteiger partial charge in [-0.1, -0.05) is 347 Å². The average molecular weight is 1140 g/mol. The molecule has 0 aliphatic heterocycles. The molecule has 3 N–H and O–H groups in total. The van der Waals surface area contributed by atoms with Crippen LogP contribution in [-0.4, -0.2) is 73.4 Å². The average Bonchev–Trinajstić information content (AvgIpc) is 3.42. The van der Waals surface area contributed by atoms with Crippen molar-refractivity contribution >= 4 is 13.7 Å². The van der Waals surface area contributed by atoms with Crippen molar-refractivity contribution in [1.82, 2.24) is 5.32 Å². The molecule has 0 aromatic heterocycles. The van der Waals surface area contributed by atoms with Crippen LogP contribution in [0.25, 0.3) is 0 Å². The molecule has 79 heavy (non-hydrogen) atoms. The molecule has 0 aliphatic carbocycles. The Labute approximate surface area is 494 Å². The minimum atomic E-state index is -4.32.